The van der Waals surface area contributed by atoms with Crippen molar-refractivity contribution in [3.63, 3.8) is 0 Å². The van der Waals surface area contributed by atoms with Crippen molar-refractivity contribution in [1.82, 2.24) is 4.90 Å². The molecule has 3 nitrogen and oxygen atoms in total. The largest absolute Gasteiger partial charge is 0.491 e. The summed E-state index contributed by atoms with van der Waals surface area (Å²) in [5.41, 5.74) is 1.10. The van der Waals surface area contributed by atoms with Gasteiger partial charge >= 0.3 is 0 Å². The summed E-state index contributed by atoms with van der Waals surface area (Å²) < 4.78 is 5.69. The summed E-state index contributed by atoms with van der Waals surface area (Å²) in [6.07, 6.45) is 3.44. The minimum atomic E-state index is -0.0169. The van der Waals surface area contributed by atoms with Crippen LogP contribution in [0.25, 0.3) is 6.08 Å². The molecule has 0 atom stereocenters. The average Bonchev–Trinajstić information content (AvgIpc) is 3.00. The molecule has 0 bridgehead atoms. The summed E-state index contributed by atoms with van der Waals surface area (Å²) in [4.78, 5) is 14.7. The molecule has 0 aliphatic rings. The lowest BCUT2D eigenvalue weighted by atomic mass is 10.2. The van der Waals surface area contributed by atoms with Crippen molar-refractivity contribution in [3.05, 3.63) is 58.3 Å². The molecule has 0 spiro atoms. The number of hydrogen-bond donors (Lipinski definition) is 0. The summed E-state index contributed by atoms with van der Waals surface area (Å²) in [5.74, 6) is 0.851. The Balaban J connectivity index is 1.78. The monoisotopic (exact) mass is 301 g/mol. The number of nitrogens with zero attached hydrogens (tertiary/aromatic N) is 1. The molecule has 0 N–H and O–H groups in total. The Bertz CT molecular complexity index is 605. The van der Waals surface area contributed by atoms with Crippen molar-refractivity contribution in [3.8, 4) is 5.75 Å². The molecular weight excluding hydrogens is 282 g/mol. The lowest BCUT2D eigenvalue weighted by Gasteiger charge is -2.16. The van der Waals surface area contributed by atoms with Gasteiger partial charge in [-0.3, -0.25) is 4.79 Å². The number of likely N-dealkylation sites (N-methyl/N-ethyl adjacent to an activating group) is 1. The van der Waals surface area contributed by atoms with Crippen molar-refractivity contribution in [2.24, 2.45) is 0 Å². The molecule has 1 aromatic heterocycles. The Labute approximate surface area is 129 Å². The summed E-state index contributed by atoms with van der Waals surface area (Å²) in [7, 11) is 1.78. The van der Waals surface area contributed by atoms with E-state index in [2.05, 4.69) is 0 Å². The first-order valence-electron chi connectivity index (χ1n) is 6.82. The van der Waals surface area contributed by atoms with Crippen molar-refractivity contribution >= 4 is 23.3 Å². The molecule has 2 aromatic rings. The van der Waals surface area contributed by atoms with Crippen LogP contribution in [-0.2, 0) is 4.79 Å². The number of rotatable bonds is 6. The number of benzene rings is 1. The van der Waals surface area contributed by atoms with Gasteiger partial charge in [-0.1, -0.05) is 24.3 Å². The van der Waals surface area contributed by atoms with E-state index in [-0.39, 0.29) is 5.91 Å². The number of amides is 1. The Morgan fingerprint density at radius 2 is 2.10 bits per heavy atom. The van der Waals surface area contributed by atoms with Gasteiger partial charge in [-0.15, -0.1) is 11.3 Å². The van der Waals surface area contributed by atoms with E-state index >= 15 is 0 Å². The molecular formula is C17H19NO2S. The molecule has 1 amide bonds. The van der Waals surface area contributed by atoms with Crippen LogP contribution in [0.15, 0.2) is 47.9 Å². The van der Waals surface area contributed by atoms with E-state index in [1.54, 1.807) is 29.4 Å². The van der Waals surface area contributed by atoms with Gasteiger partial charge in [0.1, 0.15) is 12.4 Å². The van der Waals surface area contributed by atoms with Gasteiger partial charge in [0.05, 0.1) is 6.54 Å². The van der Waals surface area contributed by atoms with Crippen LogP contribution < -0.4 is 4.74 Å². The number of hydrogen-bond acceptors (Lipinski definition) is 3. The van der Waals surface area contributed by atoms with E-state index in [9.17, 15) is 4.79 Å². The molecule has 1 aromatic carbocycles. The van der Waals surface area contributed by atoms with Gasteiger partial charge in [0.25, 0.3) is 0 Å². The third kappa shape index (κ3) is 4.76. The molecule has 0 aliphatic heterocycles. The highest BCUT2D eigenvalue weighted by Gasteiger charge is 2.05. The van der Waals surface area contributed by atoms with Crippen LogP contribution in [0.5, 0.6) is 5.75 Å². The zero-order chi connectivity index (χ0) is 15.1. The molecule has 2 rings (SSSR count). The second-order valence-electron chi connectivity index (χ2n) is 4.72. The Hall–Kier alpha value is -2.07. The first kappa shape index (κ1) is 15.3. The lowest BCUT2D eigenvalue weighted by Crippen LogP contribution is -2.29. The zero-order valence-corrected chi connectivity index (χ0v) is 13.1. The van der Waals surface area contributed by atoms with Gasteiger partial charge in [0.2, 0.25) is 5.91 Å². The topological polar surface area (TPSA) is 29.5 Å². The lowest BCUT2D eigenvalue weighted by molar-refractivity contribution is -0.125. The quantitative estimate of drug-likeness (QED) is 0.763. The summed E-state index contributed by atoms with van der Waals surface area (Å²) in [6, 6.07) is 11.8. The van der Waals surface area contributed by atoms with E-state index in [0.29, 0.717) is 13.2 Å². The normalized spacial score (nSPS) is 10.8. The van der Waals surface area contributed by atoms with Crippen LogP contribution in [0.1, 0.15) is 10.4 Å². The van der Waals surface area contributed by atoms with Crippen molar-refractivity contribution < 1.29 is 9.53 Å². The molecule has 0 unspecified atom stereocenters. The molecule has 0 saturated carbocycles. The van der Waals surface area contributed by atoms with E-state index < -0.39 is 0 Å². The van der Waals surface area contributed by atoms with Gasteiger partial charge < -0.3 is 9.64 Å². The molecule has 110 valence electrons. The fraction of sp³-hybridized carbons (Fsp3) is 0.235. The van der Waals surface area contributed by atoms with Gasteiger partial charge in [0, 0.05) is 18.0 Å². The van der Waals surface area contributed by atoms with E-state index in [4.69, 9.17) is 4.74 Å². The fourth-order valence-corrected chi connectivity index (χ4v) is 2.41. The Morgan fingerprint density at radius 3 is 2.81 bits per heavy atom. The highest BCUT2D eigenvalue weighted by atomic mass is 32.1. The SMILES string of the molecule is Cc1ccccc1OCCN(C)C(=O)/C=C/c1cccs1. The molecule has 4 heteroatoms. The Morgan fingerprint density at radius 1 is 1.29 bits per heavy atom. The summed E-state index contributed by atoms with van der Waals surface area (Å²) in [6.45, 7) is 3.05. The maximum atomic E-state index is 11.9. The maximum Gasteiger partial charge on any atom is 0.246 e. The van der Waals surface area contributed by atoms with E-state index in [1.807, 2.05) is 54.8 Å². The number of carbonyl (C=O) groups is 1. The van der Waals surface area contributed by atoms with Gasteiger partial charge in [-0.2, -0.15) is 0 Å². The number of para-hydroxylation sites is 1. The van der Waals surface area contributed by atoms with Crippen LogP contribution in [0.3, 0.4) is 0 Å². The number of carbonyl (C=O) groups excluding carboxylic acids is 1. The van der Waals surface area contributed by atoms with Gasteiger partial charge in [-0.05, 0) is 36.1 Å². The highest BCUT2D eigenvalue weighted by molar-refractivity contribution is 7.10. The smallest absolute Gasteiger partial charge is 0.246 e. The van der Waals surface area contributed by atoms with Crippen molar-refractivity contribution in [1.29, 1.82) is 0 Å². The third-order valence-corrected chi connectivity index (χ3v) is 3.92. The highest BCUT2D eigenvalue weighted by Crippen LogP contribution is 2.15. The predicted octanol–water partition coefficient (Wildman–Crippen LogP) is 3.61. The molecule has 0 saturated heterocycles. The van der Waals surface area contributed by atoms with Crippen LogP contribution >= 0.6 is 11.3 Å². The molecule has 21 heavy (non-hydrogen) atoms. The predicted molar refractivity (Wildman–Crippen MR) is 87.7 cm³/mol. The van der Waals surface area contributed by atoms with Gasteiger partial charge in [-0.25, -0.2) is 0 Å². The van der Waals surface area contributed by atoms with Crippen molar-refractivity contribution in [2.45, 2.75) is 6.92 Å². The summed E-state index contributed by atoms with van der Waals surface area (Å²) >= 11 is 1.61. The maximum absolute atomic E-state index is 11.9. The minimum Gasteiger partial charge on any atom is -0.491 e. The molecule has 0 radical (unpaired) electrons. The number of aryl methyl sites for hydroxylation is 1. The van der Waals surface area contributed by atoms with E-state index in [1.165, 1.54) is 0 Å². The average molecular weight is 301 g/mol. The fourth-order valence-electron chi connectivity index (χ4n) is 1.79. The molecule has 1 heterocycles. The number of thiophene rings is 1. The zero-order valence-electron chi connectivity index (χ0n) is 12.3. The standard InChI is InChI=1S/C17H19NO2S/c1-14-6-3-4-8-16(14)20-12-11-18(2)17(19)10-9-15-7-5-13-21-15/h3-10,13H,11-12H2,1-2H3/b10-9+. The Kier molecular flexibility index (Phi) is 5.58. The second kappa shape index (κ2) is 7.64. The number of ether oxygens (including phenoxy) is 1. The van der Waals surface area contributed by atoms with Crippen LogP contribution in [0, 0.1) is 6.92 Å². The van der Waals surface area contributed by atoms with E-state index in [0.717, 1.165) is 16.2 Å². The minimum absolute atomic E-state index is 0.0169. The van der Waals surface area contributed by atoms with Crippen molar-refractivity contribution in [2.75, 3.05) is 20.2 Å². The third-order valence-electron chi connectivity index (χ3n) is 3.09. The van der Waals surface area contributed by atoms with Crippen LogP contribution in [-0.4, -0.2) is 31.0 Å². The summed E-state index contributed by atoms with van der Waals surface area (Å²) in [5, 5.41) is 1.99. The van der Waals surface area contributed by atoms with Crippen LogP contribution in [0.2, 0.25) is 0 Å². The van der Waals surface area contributed by atoms with Crippen LogP contribution in [0.4, 0.5) is 0 Å². The first-order chi connectivity index (χ1) is 10.2. The molecule has 0 fully saturated rings. The first-order valence-corrected chi connectivity index (χ1v) is 7.70. The van der Waals surface area contributed by atoms with Gasteiger partial charge in [0.15, 0.2) is 0 Å². The molecule has 0 aliphatic carbocycles. The second-order valence-corrected chi connectivity index (χ2v) is 5.70.